The monoisotopic (exact) mass is 374 g/mol. The van der Waals surface area contributed by atoms with Gasteiger partial charge in [0, 0.05) is 6.20 Å². The Bertz CT molecular complexity index is 831. The quantitative estimate of drug-likeness (QED) is 0.788. The van der Waals surface area contributed by atoms with Gasteiger partial charge in [0.2, 0.25) is 5.91 Å². The summed E-state index contributed by atoms with van der Waals surface area (Å²) >= 11 is 0. The Morgan fingerprint density at radius 1 is 1.30 bits per heavy atom. The van der Waals surface area contributed by atoms with Gasteiger partial charge in [-0.05, 0) is 36.6 Å². The van der Waals surface area contributed by atoms with Crippen LogP contribution < -0.4 is 11.1 Å². The SMILES string of the molecule is C[C@@H](NC(=O)N1C(=O)[C@H](Cc2ccnc(N)c2)C1C(F)F)c1ccccc1. The molecule has 2 heterocycles. The molecule has 1 aliphatic heterocycles. The first kappa shape index (κ1) is 18.8. The van der Waals surface area contributed by atoms with Gasteiger partial charge in [-0.1, -0.05) is 30.3 Å². The first-order chi connectivity index (χ1) is 12.9. The smallest absolute Gasteiger partial charge is 0.325 e. The van der Waals surface area contributed by atoms with E-state index in [-0.39, 0.29) is 12.2 Å². The Kier molecular flexibility index (Phi) is 5.34. The van der Waals surface area contributed by atoms with Crippen LogP contribution in [0.25, 0.3) is 0 Å². The Balaban J connectivity index is 1.70. The third-order valence-corrected chi connectivity index (χ3v) is 4.68. The van der Waals surface area contributed by atoms with E-state index in [9.17, 15) is 18.4 Å². The van der Waals surface area contributed by atoms with E-state index >= 15 is 0 Å². The number of alkyl halides is 2. The largest absolute Gasteiger partial charge is 0.384 e. The molecule has 0 aliphatic carbocycles. The van der Waals surface area contributed by atoms with E-state index in [0.29, 0.717) is 10.5 Å². The molecule has 0 bridgehead atoms. The minimum Gasteiger partial charge on any atom is -0.384 e. The van der Waals surface area contributed by atoms with Crippen LogP contribution in [0.15, 0.2) is 48.7 Å². The summed E-state index contributed by atoms with van der Waals surface area (Å²) in [4.78, 5) is 29.3. The first-order valence-corrected chi connectivity index (χ1v) is 8.55. The number of amides is 3. The van der Waals surface area contributed by atoms with Crippen molar-refractivity contribution in [3.8, 4) is 0 Å². The van der Waals surface area contributed by atoms with Crippen LogP contribution in [0.2, 0.25) is 0 Å². The van der Waals surface area contributed by atoms with E-state index in [2.05, 4.69) is 10.3 Å². The highest BCUT2D eigenvalue weighted by molar-refractivity contribution is 6.01. The average Bonchev–Trinajstić information content (AvgIpc) is 2.64. The van der Waals surface area contributed by atoms with E-state index in [1.807, 2.05) is 30.3 Å². The van der Waals surface area contributed by atoms with Crippen molar-refractivity contribution in [2.24, 2.45) is 5.92 Å². The number of nitrogens with one attached hydrogen (secondary N) is 1. The van der Waals surface area contributed by atoms with Gasteiger partial charge >= 0.3 is 6.03 Å². The minimum atomic E-state index is -2.83. The van der Waals surface area contributed by atoms with Crippen LogP contribution in [0.1, 0.15) is 24.1 Å². The molecule has 2 aromatic rings. The fourth-order valence-corrected chi connectivity index (χ4v) is 3.26. The minimum absolute atomic E-state index is 0.0819. The summed E-state index contributed by atoms with van der Waals surface area (Å²) in [7, 11) is 0. The van der Waals surface area contributed by atoms with Crippen molar-refractivity contribution in [1.82, 2.24) is 15.2 Å². The van der Waals surface area contributed by atoms with Gasteiger partial charge in [0.15, 0.2) is 0 Å². The first-order valence-electron chi connectivity index (χ1n) is 8.55. The van der Waals surface area contributed by atoms with Crippen LogP contribution in [0.5, 0.6) is 0 Å². The van der Waals surface area contributed by atoms with Crippen LogP contribution >= 0.6 is 0 Å². The summed E-state index contributed by atoms with van der Waals surface area (Å²) in [6.07, 6.45) is -1.29. The van der Waals surface area contributed by atoms with Crippen LogP contribution in [0, 0.1) is 5.92 Å². The number of anilines is 1. The molecule has 0 spiro atoms. The van der Waals surface area contributed by atoms with Crippen molar-refractivity contribution >= 4 is 17.8 Å². The zero-order chi connectivity index (χ0) is 19.6. The number of imide groups is 1. The molecule has 0 saturated carbocycles. The summed E-state index contributed by atoms with van der Waals surface area (Å²) in [5.74, 6) is -1.34. The zero-order valence-corrected chi connectivity index (χ0v) is 14.7. The molecule has 1 saturated heterocycles. The number of likely N-dealkylation sites (tertiary alicyclic amines) is 1. The second-order valence-electron chi connectivity index (χ2n) is 6.51. The van der Waals surface area contributed by atoms with Crippen molar-refractivity contribution in [3.63, 3.8) is 0 Å². The van der Waals surface area contributed by atoms with Gasteiger partial charge in [-0.3, -0.25) is 9.69 Å². The number of benzene rings is 1. The standard InChI is InChI=1S/C19H20F2N4O2/c1-11(13-5-3-2-4-6-13)24-19(27)25-16(17(20)21)14(18(25)26)9-12-7-8-23-15(22)10-12/h2-8,10-11,14,16-17H,9H2,1H3,(H2,22,23)(H,24,27)/t11-,14-,16?/m1/s1. The lowest BCUT2D eigenvalue weighted by Gasteiger charge is -2.45. The lowest BCUT2D eigenvalue weighted by molar-refractivity contribution is -0.159. The number of β-lactam (4-membered cyclic amide) rings is 1. The molecule has 3 N–H and O–H groups in total. The lowest BCUT2D eigenvalue weighted by atomic mass is 9.83. The number of carbonyl (C=O) groups is 2. The number of hydrogen-bond acceptors (Lipinski definition) is 4. The maximum Gasteiger partial charge on any atom is 0.325 e. The van der Waals surface area contributed by atoms with Crippen LogP contribution in [-0.2, 0) is 11.2 Å². The maximum absolute atomic E-state index is 13.5. The molecule has 27 heavy (non-hydrogen) atoms. The van der Waals surface area contributed by atoms with Crippen LogP contribution in [0.3, 0.4) is 0 Å². The molecule has 1 aromatic heterocycles. The molecular formula is C19H20F2N4O2. The van der Waals surface area contributed by atoms with Crippen molar-refractivity contribution in [2.45, 2.75) is 31.9 Å². The Morgan fingerprint density at radius 3 is 2.63 bits per heavy atom. The van der Waals surface area contributed by atoms with E-state index in [1.165, 1.54) is 12.3 Å². The highest BCUT2D eigenvalue weighted by Gasteiger charge is 2.55. The predicted octanol–water partition coefficient (Wildman–Crippen LogP) is 2.77. The highest BCUT2D eigenvalue weighted by Crippen LogP contribution is 2.34. The summed E-state index contributed by atoms with van der Waals surface area (Å²) < 4.78 is 27.1. The number of nitrogens with zero attached hydrogens (tertiary/aromatic N) is 2. The fourth-order valence-electron chi connectivity index (χ4n) is 3.26. The van der Waals surface area contributed by atoms with Gasteiger partial charge < -0.3 is 11.1 Å². The molecule has 3 rings (SSSR count). The molecule has 3 amide bonds. The highest BCUT2D eigenvalue weighted by atomic mass is 19.3. The van der Waals surface area contributed by atoms with E-state index in [1.54, 1.807) is 13.0 Å². The van der Waals surface area contributed by atoms with Crippen molar-refractivity contribution in [2.75, 3.05) is 5.73 Å². The number of aromatic nitrogens is 1. The van der Waals surface area contributed by atoms with E-state index in [0.717, 1.165) is 5.56 Å². The summed E-state index contributed by atoms with van der Waals surface area (Å²) in [6, 6.07) is 9.54. The lowest BCUT2D eigenvalue weighted by Crippen LogP contribution is -2.68. The zero-order valence-electron chi connectivity index (χ0n) is 14.7. The molecule has 1 aliphatic rings. The van der Waals surface area contributed by atoms with Crippen LogP contribution in [-0.4, -0.2) is 34.3 Å². The fraction of sp³-hybridized carbons (Fsp3) is 0.316. The topological polar surface area (TPSA) is 88.3 Å². The number of hydrogen-bond donors (Lipinski definition) is 2. The number of halogens is 2. The Morgan fingerprint density at radius 2 is 2.00 bits per heavy atom. The summed E-state index contributed by atoms with van der Waals surface area (Å²) in [5.41, 5.74) is 7.03. The normalized spacial score (nSPS) is 20.3. The predicted molar refractivity (Wildman–Crippen MR) is 95.9 cm³/mol. The van der Waals surface area contributed by atoms with Crippen molar-refractivity contribution < 1.29 is 18.4 Å². The van der Waals surface area contributed by atoms with Gasteiger partial charge in [-0.15, -0.1) is 0 Å². The molecule has 1 fully saturated rings. The third kappa shape index (κ3) is 3.89. The molecule has 0 radical (unpaired) electrons. The summed E-state index contributed by atoms with van der Waals surface area (Å²) in [5, 5.41) is 2.61. The van der Waals surface area contributed by atoms with Gasteiger partial charge in [0.25, 0.3) is 6.43 Å². The molecule has 142 valence electrons. The second kappa shape index (κ2) is 7.69. The molecule has 8 heteroatoms. The van der Waals surface area contributed by atoms with E-state index in [4.69, 9.17) is 5.73 Å². The van der Waals surface area contributed by atoms with Crippen molar-refractivity contribution in [3.05, 3.63) is 59.8 Å². The van der Waals surface area contributed by atoms with Gasteiger partial charge in [-0.2, -0.15) is 0 Å². The molecule has 1 unspecified atom stereocenters. The second-order valence-corrected chi connectivity index (χ2v) is 6.51. The number of rotatable bonds is 5. The number of nitrogen functional groups attached to an aromatic ring is 1. The van der Waals surface area contributed by atoms with Gasteiger partial charge in [-0.25, -0.2) is 18.6 Å². The molecular weight excluding hydrogens is 354 g/mol. The number of pyridine rings is 1. The Hall–Kier alpha value is -3.03. The molecule has 6 nitrogen and oxygen atoms in total. The van der Waals surface area contributed by atoms with Gasteiger partial charge in [0.1, 0.15) is 11.9 Å². The average molecular weight is 374 g/mol. The molecule has 1 aromatic carbocycles. The van der Waals surface area contributed by atoms with E-state index < -0.39 is 36.4 Å². The van der Waals surface area contributed by atoms with Gasteiger partial charge in [0.05, 0.1) is 12.0 Å². The van der Waals surface area contributed by atoms with Crippen molar-refractivity contribution in [1.29, 1.82) is 0 Å². The Labute approximate surface area is 155 Å². The number of nitrogens with two attached hydrogens (primary N) is 1. The third-order valence-electron chi connectivity index (χ3n) is 4.68. The van der Waals surface area contributed by atoms with Crippen LogP contribution in [0.4, 0.5) is 19.4 Å². The molecule has 3 atom stereocenters. The summed E-state index contributed by atoms with van der Waals surface area (Å²) in [6.45, 7) is 1.73. The number of urea groups is 1. The number of carbonyl (C=O) groups excluding carboxylic acids is 2. The maximum atomic E-state index is 13.5.